The maximum atomic E-state index is 12.3. The van der Waals surface area contributed by atoms with E-state index >= 15 is 0 Å². The van der Waals surface area contributed by atoms with Crippen molar-refractivity contribution in [3.05, 3.63) is 0 Å². The Kier molecular flexibility index (Phi) is 4.22. The molecule has 1 atom stereocenters. The van der Waals surface area contributed by atoms with Crippen LogP contribution in [0.25, 0.3) is 0 Å². The van der Waals surface area contributed by atoms with E-state index in [1.165, 1.54) is 0 Å². The average molecular weight is 254 g/mol. The van der Waals surface area contributed by atoms with E-state index in [9.17, 15) is 9.59 Å². The highest BCUT2D eigenvalue weighted by Gasteiger charge is 2.33. The highest BCUT2D eigenvalue weighted by molar-refractivity contribution is 5.80. The molecule has 5 heteroatoms. The number of nitrogens with two attached hydrogens (primary N) is 1. The van der Waals surface area contributed by atoms with Gasteiger partial charge in [-0.25, -0.2) is 0 Å². The molecule has 1 aliphatic heterocycles. The van der Waals surface area contributed by atoms with E-state index < -0.39 is 5.97 Å². The van der Waals surface area contributed by atoms with Crippen molar-refractivity contribution in [2.75, 3.05) is 13.1 Å². The molecule has 5 nitrogen and oxygen atoms in total. The summed E-state index contributed by atoms with van der Waals surface area (Å²) in [6.45, 7) is 1.10. The Morgan fingerprint density at radius 2 is 1.72 bits per heavy atom. The molecule has 2 fully saturated rings. The number of carbonyl (C=O) groups excluding carboxylic acids is 1. The first-order chi connectivity index (χ1) is 8.58. The lowest BCUT2D eigenvalue weighted by molar-refractivity contribution is -0.147. The molecule has 1 unspecified atom stereocenters. The van der Waals surface area contributed by atoms with Crippen molar-refractivity contribution < 1.29 is 14.7 Å². The number of amides is 1. The van der Waals surface area contributed by atoms with Gasteiger partial charge in [0.05, 0.1) is 5.92 Å². The Labute approximate surface area is 107 Å². The molecule has 0 aromatic rings. The largest absolute Gasteiger partial charge is 0.481 e. The van der Waals surface area contributed by atoms with Gasteiger partial charge in [0.15, 0.2) is 0 Å². The highest BCUT2D eigenvalue weighted by Crippen LogP contribution is 2.27. The molecule has 0 bridgehead atoms. The fourth-order valence-corrected chi connectivity index (χ4v) is 3.00. The Hall–Kier alpha value is -1.10. The van der Waals surface area contributed by atoms with Crippen LogP contribution in [0.5, 0.6) is 0 Å². The molecule has 0 aromatic heterocycles. The SMILES string of the molecule is NC1CCC(C(=O)N2CCCC(C(=O)O)C2)CC1. The normalized spacial score (nSPS) is 33.2. The molecule has 1 saturated carbocycles. The maximum absolute atomic E-state index is 12.3. The fourth-order valence-electron chi connectivity index (χ4n) is 3.00. The van der Waals surface area contributed by atoms with Crippen molar-refractivity contribution in [1.29, 1.82) is 0 Å². The van der Waals surface area contributed by atoms with E-state index in [4.69, 9.17) is 10.8 Å². The lowest BCUT2D eigenvalue weighted by Gasteiger charge is -2.35. The summed E-state index contributed by atoms with van der Waals surface area (Å²) in [4.78, 5) is 25.1. The zero-order chi connectivity index (χ0) is 13.1. The summed E-state index contributed by atoms with van der Waals surface area (Å²) in [5.74, 6) is -0.947. The van der Waals surface area contributed by atoms with Crippen molar-refractivity contribution in [3.8, 4) is 0 Å². The Morgan fingerprint density at radius 3 is 2.33 bits per heavy atom. The third-order valence-corrected chi connectivity index (χ3v) is 4.20. The minimum Gasteiger partial charge on any atom is -0.481 e. The van der Waals surface area contributed by atoms with Crippen LogP contribution in [0, 0.1) is 11.8 Å². The Balaban J connectivity index is 1.90. The second kappa shape index (κ2) is 5.69. The summed E-state index contributed by atoms with van der Waals surface area (Å²) in [5.41, 5.74) is 5.83. The first kappa shape index (κ1) is 13.3. The Morgan fingerprint density at radius 1 is 1.06 bits per heavy atom. The molecule has 2 aliphatic rings. The second-order valence-corrected chi connectivity index (χ2v) is 5.57. The van der Waals surface area contributed by atoms with Crippen LogP contribution in [-0.2, 0) is 9.59 Å². The van der Waals surface area contributed by atoms with Crippen LogP contribution in [0.2, 0.25) is 0 Å². The molecule has 1 amide bonds. The summed E-state index contributed by atoms with van der Waals surface area (Å²) in [6, 6.07) is 0.238. The number of carbonyl (C=O) groups is 2. The van der Waals surface area contributed by atoms with Crippen LogP contribution in [0.1, 0.15) is 38.5 Å². The van der Waals surface area contributed by atoms with Crippen molar-refractivity contribution in [2.24, 2.45) is 17.6 Å². The molecule has 2 rings (SSSR count). The summed E-state index contributed by atoms with van der Waals surface area (Å²) in [7, 11) is 0. The van der Waals surface area contributed by atoms with Gasteiger partial charge in [-0.3, -0.25) is 9.59 Å². The van der Waals surface area contributed by atoms with Crippen LogP contribution in [-0.4, -0.2) is 41.0 Å². The molecular weight excluding hydrogens is 232 g/mol. The van der Waals surface area contributed by atoms with E-state index in [-0.39, 0.29) is 23.8 Å². The van der Waals surface area contributed by atoms with Gasteiger partial charge in [-0.15, -0.1) is 0 Å². The van der Waals surface area contributed by atoms with Gasteiger partial charge in [0.25, 0.3) is 0 Å². The van der Waals surface area contributed by atoms with Gasteiger partial charge in [0.2, 0.25) is 5.91 Å². The molecular formula is C13H22N2O3. The van der Waals surface area contributed by atoms with Crippen LogP contribution in [0.4, 0.5) is 0 Å². The topological polar surface area (TPSA) is 83.6 Å². The first-order valence-electron chi connectivity index (χ1n) is 6.85. The number of hydrogen-bond acceptors (Lipinski definition) is 3. The third-order valence-electron chi connectivity index (χ3n) is 4.20. The van der Waals surface area contributed by atoms with Crippen LogP contribution in [0.15, 0.2) is 0 Å². The fraction of sp³-hybridized carbons (Fsp3) is 0.846. The highest BCUT2D eigenvalue weighted by atomic mass is 16.4. The number of likely N-dealkylation sites (tertiary alicyclic amines) is 1. The van der Waals surface area contributed by atoms with Crippen LogP contribution < -0.4 is 5.73 Å². The molecule has 3 N–H and O–H groups in total. The molecule has 102 valence electrons. The number of piperidine rings is 1. The smallest absolute Gasteiger partial charge is 0.308 e. The van der Waals surface area contributed by atoms with E-state index in [2.05, 4.69) is 0 Å². The van der Waals surface area contributed by atoms with Crippen molar-refractivity contribution in [2.45, 2.75) is 44.6 Å². The number of carboxylic acid groups (broad SMARTS) is 1. The summed E-state index contributed by atoms with van der Waals surface area (Å²) >= 11 is 0. The van der Waals surface area contributed by atoms with Gasteiger partial charge >= 0.3 is 5.97 Å². The maximum Gasteiger partial charge on any atom is 0.308 e. The number of hydrogen-bond donors (Lipinski definition) is 2. The lowest BCUT2D eigenvalue weighted by Crippen LogP contribution is -2.46. The quantitative estimate of drug-likeness (QED) is 0.764. The van der Waals surface area contributed by atoms with Crippen molar-refractivity contribution in [3.63, 3.8) is 0 Å². The molecule has 1 saturated heterocycles. The monoisotopic (exact) mass is 254 g/mol. The van der Waals surface area contributed by atoms with Gasteiger partial charge in [0.1, 0.15) is 0 Å². The zero-order valence-corrected chi connectivity index (χ0v) is 10.7. The lowest BCUT2D eigenvalue weighted by atomic mass is 9.85. The van der Waals surface area contributed by atoms with Gasteiger partial charge in [-0.2, -0.15) is 0 Å². The van der Waals surface area contributed by atoms with Gasteiger partial charge in [-0.1, -0.05) is 0 Å². The first-order valence-corrected chi connectivity index (χ1v) is 6.85. The summed E-state index contributed by atoms with van der Waals surface area (Å²) < 4.78 is 0. The molecule has 0 aromatic carbocycles. The number of carboxylic acids is 1. The van der Waals surface area contributed by atoms with Gasteiger partial charge in [0, 0.05) is 25.0 Å². The van der Waals surface area contributed by atoms with Gasteiger partial charge < -0.3 is 15.7 Å². The molecule has 0 radical (unpaired) electrons. The molecule has 1 heterocycles. The third kappa shape index (κ3) is 3.02. The predicted molar refractivity (Wildman–Crippen MR) is 66.9 cm³/mol. The summed E-state index contributed by atoms with van der Waals surface area (Å²) in [6.07, 6.45) is 5.02. The van der Waals surface area contributed by atoms with Crippen molar-refractivity contribution in [1.82, 2.24) is 4.90 Å². The predicted octanol–water partition coefficient (Wildman–Crippen LogP) is 0.827. The van der Waals surface area contributed by atoms with Gasteiger partial charge in [-0.05, 0) is 38.5 Å². The van der Waals surface area contributed by atoms with Crippen molar-refractivity contribution >= 4 is 11.9 Å². The average Bonchev–Trinajstić information content (AvgIpc) is 2.39. The Bertz CT molecular complexity index is 324. The van der Waals surface area contributed by atoms with E-state index in [1.807, 2.05) is 0 Å². The standard InChI is InChI=1S/C13H22N2O3/c14-11-5-3-9(4-6-11)12(16)15-7-1-2-10(8-15)13(17)18/h9-11H,1-8,14H2,(H,17,18). The minimum absolute atomic E-state index is 0.0670. The minimum atomic E-state index is -0.779. The van der Waals surface area contributed by atoms with E-state index in [0.29, 0.717) is 19.5 Å². The number of aliphatic carboxylic acids is 1. The van der Waals surface area contributed by atoms with E-state index in [1.54, 1.807) is 4.90 Å². The number of rotatable bonds is 2. The summed E-state index contributed by atoms with van der Waals surface area (Å²) in [5, 5.41) is 9.03. The van der Waals surface area contributed by atoms with Crippen LogP contribution in [0.3, 0.4) is 0 Å². The van der Waals surface area contributed by atoms with Crippen LogP contribution >= 0.6 is 0 Å². The number of nitrogens with zero attached hydrogens (tertiary/aromatic N) is 1. The van der Waals surface area contributed by atoms with E-state index in [0.717, 1.165) is 32.1 Å². The molecule has 18 heavy (non-hydrogen) atoms. The second-order valence-electron chi connectivity index (χ2n) is 5.57. The molecule has 0 spiro atoms. The zero-order valence-electron chi connectivity index (χ0n) is 10.7. The molecule has 1 aliphatic carbocycles.